The van der Waals surface area contributed by atoms with Crippen LogP contribution in [0.3, 0.4) is 0 Å². The van der Waals surface area contributed by atoms with Gasteiger partial charge in [-0.05, 0) is 61.1 Å². The van der Waals surface area contributed by atoms with E-state index in [1.54, 1.807) is 12.1 Å². The van der Waals surface area contributed by atoms with E-state index in [2.05, 4.69) is 12.1 Å². The summed E-state index contributed by atoms with van der Waals surface area (Å²) in [5.74, 6) is 0. The van der Waals surface area contributed by atoms with Crippen molar-refractivity contribution in [3.8, 4) is 12.1 Å². The predicted octanol–water partition coefficient (Wildman–Crippen LogP) is 8.66. The molecule has 0 heterocycles. The molecule has 0 unspecified atom stereocenters. The Morgan fingerprint density at radius 1 is 0.567 bits per heavy atom. The summed E-state index contributed by atoms with van der Waals surface area (Å²) >= 11 is 23.7. The molecule has 0 radical (unpaired) electrons. The highest BCUT2D eigenvalue weighted by molar-refractivity contribution is 6.42. The lowest BCUT2D eigenvalue weighted by Crippen LogP contribution is -2.19. The minimum Gasteiger partial charge on any atom is -0.197 e. The van der Waals surface area contributed by atoms with Crippen LogP contribution in [0.25, 0.3) is 0 Å². The number of nitrogens with zero attached hydrogens (tertiary/aromatic N) is 2. The fourth-order valence-corrected chi connectivity index (χ4v) is 5.07. The van der Waals surface area contributed by atoms with Gasteiger partial charge in [-0.15, -0.1) is 0 Å². The third-order valence-electron chi connectivity index (χ3n) is 6.29. The van der Waals surface area contributed by atoms with Gasteiger partial charge in [0.1, 0.15) is 0 Å². The highest BCUT2D eigenvalue weighted by Crippen LogP contribution is 2.43. The molecule has 2 nitrogen and oxygen atoms in total. The van der Waals surface area contributed by atoms with Gasteiger partial charge >= 0.3 is 0 Å². The van der Waals surface area contributed by atoms with E-state index in [9.17, 15) is 10.5 Å². The van der Waals surface area contributed by atoms with Crippen molar-refractivity contribution in [1.82, 2.24) is 0 Å². The van der Waals surface area contributed by atoms with Crippen LogP contribution in [0.15, 0.2) is 36.4 Å². The Labute approximate surface area is 198 Å². The van der Waals surface area contributed by atoms with Gasteiger partial charge in [0.25, 0.3) is 0 Å². The van der Waals surface area contributed by atoms with Crippen LogP contribution in [0.1, 0.15) is 62.5 Å². The summed E-state index contributed by atoms with van der Waals surface area (Å²) in [6, 6.07) is 15.9. The number of benzene rings is 2. The number of hydrogen-bond donors (Lipinski definition) is 0. The largest absolute Gasteiger partial charge is 0.197 e. The highest BCUT2D eigenvalue weighted by Gasteiger charge is 2.36. The summed E-state index contributed by atoms with van der Waals surface area (Å²) in [6.07, 6.45) is 8.20. The van der Waals surface area contributed by atoms with Crippen molar-refractivity contribution in [2.24, 2.45) is 0 Å². The molecule has 0 aliphatic heterocycles. The van der Waals surface area contributed by atoms with Crippen LogP contribution in [0.4, 0.5) is 0 Å². The third-order valence-corrected chi connectivity index (χ3v) is 7.76. The Bertz CT molecular complexity index is 910. The number of hydrogen-bond acceptors (Lipinski definition) is 2. The van der Waals surface area contributed by atoms with Gasteiger partial charge in [0.05, 0.1) is 43.1 Å². The number of nitriles is 2. The first-order valence-corrected chi connectivity index (χ1v) is 11.6. The van der Waals surface area contributed by atoms with E-state index in [-0.39, 0.29) is 10.8 Å². The lowest BCUT2D eigenvalue weighted by molar-refractivity contribution is 0.573. The first-order valence-electron chi connectivity index (χ1n) is 10.1. The Balaban J connectivity index is 0.000000171. The van der Waals surface area contributed by atoms with E-state index in [1.807, 2.05) is 24.3 Å². The Morgan fingerprint density at radius 3 is 1.17 bits per heavy atom. The van der Waals surface area contributed by atoms with Crippen LogP contribution in [0.2, 0.25) is 20.1 Å². The van der Waals surface area contributed by atoms with Crippen molar-refractivity contribution in [3.63, 3.8) is 0 Å². The van der Waals surface area contributed by atoms with Crippen LogP contribution in [0, 0.1) is 22.7 Å². The molecule has 0 N–H and O–H groups in total. The Morgan fingerprint density at radius 2 is 0.900 bits per heavy atom. The summed E-state index contributed by atoms with van der Waals surface area (Å²) in [6.45, 7) is 0. The second-order valence-corrected chi connectivity index (χ2v) is 9.69. The second-order valence-electron chi connectivity index (χ2n) is 8.06. The van der Waals surface area contributed by atoms with E-state index in [1.165, 1.54) is 0 Å². The van der Waals surface area contributed by atoms with E-state index in [0.717, 1.165) is 62.5 Å². The molecule has 0 spiro atoms. The predicted molar refractivity (Wildman–Crippen MR) is 124 cm³/mol. The molecule has 6 heteroatoms. The summed E-state index contributed by atoms with van der Waals surface area (Å²) in [5.41, 5.74) is 1.37. The molecule has 2 aliphatic rings. The van der Waals surface area contributed by atoms with Gasteiger partial charge in [-0.2, -0.15) is 10.5 Å². The topological polar surface area (TPSA) is 47.6 Å². The molecule has 2 aliphatic carbocycles. The summed E-state index contributed by atoms with van der Waals surface area (Å²) in [5, 5.41) is 20.8. The van der Waals surface area contributed by atoms with E-state index >= 15 is 0 Å². The summed E-state index contributed by atoms with van der Waals surface area (Å²) < 4.78 is 0. The zero-order valence-electron chi connectivity index (χ0n) is 16.5. The minimum atomic E-state index is -0.325. The fraction of sp³-hybridized carbons (Fsp3) is 0.417. The molecule has 156 valence electrons. The number of halogens is 4. The van der Waals surface area contributed by atoms with Gasteiger partial charge in [0.2, 0.25) is 0 Å². The zero-order valence-corrected chi connectivity index (χ0v) is 19.6. The molecule has 2 aromatic carbocycles. The van der Waals surface area contributed by atoms with Crippen molar-refractivity contribution < 1.29 is 0 Å². The molecule has 0 aromatic heterocycles. The van der Waals surface area contributed by atoms with Gasteiger partial charge < -0.3 is 0 Å². The average molecular weight is 480 g/mol. The SMILES string of the molecule is N#CC1(c2ccc(Cl)c(Cl)c2)CCCC1.N#CC1(c2ccc(Cl)c(Cl)c2)CCCC1. The van der Waals surface area contributed by atoms with Crippen molar-refractivity contribution in [1.29, 1.82) is 10.5 Å². The van der Waals surface area contributed by atoms with Crippen LogP contribution in [-0.4, -0.2) is 0 Å². The van der Waals surface area contributed by atoms with Gasteiger partial charge in [0.15, 0.2) is 0 Å². The molecular weight excluding hydrogens is 458 g/mol. The van der Waals surface area contributed by atoms with Gasteiger partial charge in [-0.1, -0.05) is 84.2 Å². The molecule has 0 atom stereocenters. The number of rotatable bonds is 2. The maximum Gasteiger partial charge on any atom is 0.0823 e. The third kappa shape index (κ3) is 4.74. The molecule has 0 saturated heterocycles. The quantitative estimate of drug-likeness (QED) is 0.432. The fourth-order valence-electron chi connectivity index (χ4n) is 4.47. The van der Waals surface area contributed by atoms with Crippen LogP contribution < -0.4 is 0 Å². The summed E-state index contributed by atoms with van der Waals surface area (Å²) in [7, 11) is 0. The van der Waals surface area contributed by atoms with E-state index in [4.69, 9.17) is 46.4 Å². The standard InChI is InChI=1S/2C12H11Cl2N/c2*13-10-4-3-9(7-11(10)14)12(8-15)5-1-2-6-12/h2*3-4,7H,1-2,5-6H2. The normalized spacial score (nSPS) is 18.7. The smallest absolute Gasteiger partial charge is 0.0823 e. The van der Waals surface area contributed by atoms with Crippen LogP contribution in [-0.2, 0) is 10.8 Å². The van der Waals surface area contributed by atoms with Crippen LogP contribution in [0.5, 0.6) is 0 Å². The monoisotopic (exact) mass is 478 g/mol. The zero-order chi connectivity index (χ0) is 21.8. The molecule has 2 saturated carbocycles. The molecular formula is C24H22Cl4N2. The van der Waals surface area contributed by atoms with E-state index in [0.29, 0.717) is 20.1 Å². The average Bonchev–Trinajstić information content (AvgIpc) is 3.43. The Kier molecular flexibility index (Phi) is 7.60. The minimum absolute atomic E-state index is 0.325. The maximum atomic E-state index is 9.30. The molecule has 30 heavy (non-hydrogen) atoms. The van der Waals surface area contributed by atoms with Crippen molar-refractivity contribution in [2.45, 2.75) is 62.2 Å². The van der Waals surface area contributed by atoms with Gasteiger partial charge in [0, 0.05) is 0 Å². The Hall–Kier alpha value is -1.42. The lowest BCUT2D eigenvalue weighted by atomic mass is 9.80. The molecule has 2 aromatic rings. The van der Waals surface area contributed by atoms with Crippen molar-refractivity contribution in [3.05, 3.63) is 67.6 Å². The van der Waals surface area contributed by atoms with Crippen LogP contribution >= 0.6 is 46.4 Å². The first-order chi connectivity index (χ1) is 14.4. The van der Waals surface area contributed by atoms with Crippen molar-refractivity contribution in [2.75, 3.05) is 0 Å². The second kappa shape index (κ2) is 9.80. The highest BCUT2D eigenvalue weighted by atomic mass is 35.5. The molecule has 0 bridgehead atoms. The first kappa shape index (κ1) is 23.2. The summed E-state index contributed by atoms with van der Waals surface area (Å²) in [4.78, 5) is 0. The van der Waals surface area contributed by atoms with Gasteiger partial charge in [-0.25, -0.2) is 0 Å². The lowest BCUT2D eigenvalue weighted by Gasteiger charge is -2.20. The maximum absolute atomic E-state index is 9.30. The molecule has 0 amide bonds. The van der Waals surface area contributed by atoms with Crippen molar-refractivity contribution >= 4 is 46.4 Å². The molecule has 4 rings (SSSR count). The molecule has 2 fully saturated rings. The van der Waals surface area contributed by atoms with E-state index < -0.39 is 0 Å². The van der Waals surface area contributed by atoms with Gasteiger partial charge in [-0.3, -0.25) is 0 Å².